The van der Waals surface area contributed by atoms with Gasteiger partial charge >= 0.3 is 0 Å². The van der Waals surface area contributed by atoms with Crippen LogP contribution in [0.25, 0.3) is 16.3 Å². The van der Waals surface area contributed by atoms with Crippen molar-refractivity contribution in [1.29, 1.82) is 0 Å². The molecule has 2 amide bonds. The number of hydrogen-bond acceptors (Lipinski definition) is 4. The van der Waals surface area contributed by atoms with E-state index >= 15 is 0 Å². The van der Waals surface area contributed by atoms with Crippen molar-refractivity contribution in [3.05, 3.63) is 59.6 Å². The van der Waals surface area contributed by atoms with Crippen LogP contribution < -0.4 is 5.32 Å². The number of carbonyl (C=O) groups is 2. The Morgan fingerprint density at radius 3 is 2.56 bits per heavy atom. The molecule has 0 fully saturated rings. The number of hydrogen-bond donors (Lipinski definition) is 1. The Hall–Kier alpha value is -2.93. The van der Waals surface area contributed by atoms with Gasteiger partial charge in [-0.1, -0.05) is 24.3 Å². The van der Waals surface area contributed by atoms with Gasteiger partial charge in [-0.15, -0.1) is 11.3 Å². The summed E-state index contributed by atoms with van der Waals surface area (Å²) in [5, 5.41) is 9.20. The maximum atomic E-state index is 12.6. The highest BCUT2D eigenvalue weighted by molar-refractivity contribution is 7.13. The number of nitrogens with zero attached hydrogens (tertiary/aromatic N) is 3. The zero-order valence-corrected chi connectivity index (χ0v) is 14.8. The van der Waals surface area contributed by atoms with Gasteiger partial charge in [0, 0.05) is 14.1 Å². The standard InChI is InChI=1S/C18H18N4O2S/c1-21(2)17(23)12-19-18(24)15-11-14(16-9-6-10-25-16)20-22(15)13-7-4-3-5-8-13/h3-11H,12H2,1-2H3,(H,19,24). The molecule has 0 aliphatic heterocycles. The third-order valence-corrected chi connectivity index (χ3v) is 4.51. The van der Waals surface area contributed by atoms with Crippen molar-refractivity contribution in [3.8, 4) is 16.3 Å². The number of benzene rings is 1. The first-order valence-electron chi connectivity index (χ1n) is 7.74. The van der Waals surface area contributed by atoms with Crippen LogP contribution in [0.1, 0.15) is 10.5 Å². The summed E-state index contributed by atoms with van der Waals surface area (Å²) in [6.45, 7) is -0.0554. The van der Waals surface area contributed by atoms with Crippen LogP contribution in [-0.4, -0.2) is 47.1 Å². The number of thiophene rings is 1. The van der Waals surface area contributed by atoms with Gasteiger partial charge in [-0.25, -0.2) is 4.68 Å². The van der Waals surface area contributed by atoms with Crippen molar-refractivity contribution in [2.45, 2.75) is 0 Å². The van der Waals surface area contributed by atoms with Gasteiger partial charge in [-0.3, -0.25) is 9.59 Å². The summed E-state index contributed by atoms with van der Waals surface area (Å²) in [5.41, 5.74) is 1.90. The second-order valence-electron chi connectivity index (χ2n) is 5.61. The van der Waals surface area contributed by atoms with Gasteiger partial charge in [0.2, 0.25) is 5.91 Å². The highest BCUT2D eigenvalue weighted by Gasteiger charge is 2.18. The van der Waals surface area contributed by atoms with E-state index < -0.39 is 0 Å². The zero-order chi connectivity index (χ0) is 17.8. The zero-order valence-electron chi connectivity index (χ0n) is 14.0. The van der Waals surface area contributed by atoms with Crippen LogP contribution in [0.2, 0.25) is 0 Å². The highest BCUT2D eigenvalue weighted by atomic mass is 32.1. The minimum absolute atomic E-state index is 0.0554. The highest BCUT2D eigenvalue weighted by Crippen LogP contribution is 2.25. The molecule has 7 heteroatoms. The summed E-state index contributed by atoms with van der Waals surface area (Å²) >= 11 is 1.56. The summed E-state index contributed by atoms with van der Waals surface area (Å²) in [5.74, 6) is -0.507. The molecule has 6 nitrogen and oxygen atoms in total. The molecule has 2 heterocycles. The lowest BCUT2D eigenvalue weighted by atomic mass is 10.3. The molecule has 3 rings (SSSR count). The van der Waals surface area contributed by atoms with Crippen LogP contribution in [0.4, 0.5) is 0 Å². The Kier molecular flexibility index (Phi) is 4.95. The average Bonchev–Trinajstić information content (AvgIpc) is 3.29. The van der Waals surface area contributed by atoms with E-state index in [4.69, 9.17) is 0 Å². The van der Waals surface area contributed by atoms with E-state index in [9.17, 15) is 9.59 Å². The number of para-hydroxylation sites is 1. The molecule has 0 aliphatic carbocycles. The summed E-state index contributed by atoms with van der Waals surface area (Å²) in [6, 6.07) is 15.1. The maximum Gasteiger partial charge on any atom is 0.270 e. The van der Waals surface area contributed by atoms with Gasteiger partial charge in [0.05, 0.1) is 17.1 Å². The van der Waals surface area contributed by atoms with Crippen molar-refractivity contribution in [2.24, 2.45) is 0 Å². The Morgan fingerprint density at radius 1 is 1.16 bits per heavy atom. The quantitative estimate of drug-likeness (QED) is 0.765. The molecule has 0 bridgehead atoms. The minimum atomic E-state index is -0.339. The SMILES string of the molecule is CN(C)C(=O)CNC(=O)c1cc(-c2cccs2)nn1-c1ccccc1. The van der Waals surface area contributed by atoms with Crippen molar-refractivity contribution in [1.82, 2.24) is 20.0 Å². The molecule has 2 aromatic heterocycles. The van der Waals surface area contributed by atoms with E-state index in [1.54, 1.807) is 36.2 Å². The third kappa shape index (κ3) is 3.77. The molecule has 0 atom stereocenters. The lowest BCUT2D eigenvalue weighted by molar-refractivity contribution is -0.127. The Balaban J connectivity index is 1.94. The molecule has 0 aliphatic rings. The third-order valence-electron chi connectivity index (χ3n) is 3.62. The number of carbonyl (C=O) groups excluding carboxylic acids is 2. The van der Waals surface area contributed by atoms with Gasteiger partial charge in [0.15, 0.2) is 0 Å². The van der Waals surface area contributed by atoms with E-state index in [1.165, 1.54) is 4.90 Å². The van der Waals surface area contributed by atoms with Crippen molar-refractivity contribution in [3.63, 3.8) is 0 Å². The van der Waals surface area contributed by atoms with Gasteiger partial charge in [-0.2, -0.15) is 5.10 Å². The first-order chi connectivity index (χ1) is 12.1. The number of aromatic nitrogens is 2. The Bertz CT molecular complexity index is 870. The number of nitrogens with one attached hydrogen (secondary N) is 1. The van der Waals surface area contributed by atoms with Crippen molar-refractivity contribution < 1.29 is 9.59 Å². The van der Waals surface area contributed by atoms with Crippen LogP contribution in [0, 0.1) is 0 Å². The van der Waals surface area contributed by atoms with E-state index in [1.807, 2.05) is 47.8 Å². The lowest BCUT2D eigenvalue weighted by Gasteiger charge is -2.11. The van der Waals surface area contributed by atoms with Gasteiger partial charge in [-0.05, 0) is 29.6 Å². The minimum Gasteiger partial charge on any atom is -0.347 e. The molecule has 1 aromatic carbocycles. The number of amides is 2. The Morgan fingerprint density at radius 2 is 1.92 bits per heavy atom. The molecule has 3 aromatic rings. The molecular weight excluding hydrogens is 336 g/mol. The second-order valence-corrected chi connectivity index (χ2v) is 6.56. The summed E-state index contributed by atoms with van der Waals surface area (Å²) in [7, 11) is 3.30. The molecule has 0 spiro atoms. The normalized spacial score (nSPS) is 10.5. The van der Waals surface area contributed by atoms with Gasteiger partial charge in [0.1, 0.15) is 11.4 Å². The topological polar surface area (TPSA) is 67.2 Å². The summed E-state index contributed by atoms with van der Waals surface area (Å²) in [6.07, 6.45) is 0. The van der Waals surface area contributed by atoms with Crippen molar-refractivity contribution >= 4 is 23.2 Å². The molecule has 0 unspecified atom stereocenters. The fourth-order valence-electron chi connectivity index (χ4n) is 2.26. The van der Waals surface area contributed by atoms with Crippen LogP contribution in [0.3, 0.4) is 0 Å². The molecule has 25 heavy (non-hydrogen) atoms. The van der Waals surface area contributed by atoms with Gasteiger partial charge < -0.3 is 10.2 Å². The smallest absolute Gasteiger partial charge is 0.270 e. The van der Waals surface area contributed by atoms with Crippen molar-refractivity contribution in [2.75, 3.05) is 20.6 Å². The van der Waals surface area contributed by atoms with E-state index in [2.05, 4.69) is 10.4 Å². The Labute approximate surface area is 149 Å². The second kappa shape index (κ2) is 7.31. The molecule has 0 radical (unpaired) electrons. The van der Waals surface area contributed by atoms with E-state index in [0.717, 1.165) is 16.3 Å². The largest absolute Gasteiger partial charge is 0.347 e. The lowest BCUT2D eigenvalue weighted by Crippen LogP contribution is -2.36. The average molecular weight is 354 g/mol. The van der Waals surface area contributed by atoms with Crippen LogP contribution in [0.5, 0.6) is 0 Å². The first-order valence-corrected chi connectivity index (χ1v) is 8.62. The van der Waals surface area contributed by atoms with Crippen LogP contribution in [-0.2, 0) is 4.79 Å². The van der Waals surface area contributed by atoms with Gasteiger partial charge in [0.25, 0.3) is 5.91 Å². The monoisotopic (exact) mass is 354 g/mol. The summed E-state index contributed by atoms with van der Waals surface area (Å²) < 4.78 is 1.60. The van der Waals surface area contributed by atoms with E-state index in [0.29, 0.717) is 5.69 Å². The first kappa shape index (κ1) is 16.9. The molecule has 0 saturated heterocycles. The van der Waals surface area contributed by atoms with Crippen LogP contribution in [0.15, 0.2) is 53.9 Å². The molecule has 0 saturated carbocycles. The number of rotatable bonds is 5. The van der Waals surface area contributed by atoms with Crippen LogP contribution >= 0.6 is 11.3 Å². The fraction of sp³-hybridized carbons (Fsp3) is 0.167. The molecular formula is C18H18N4O2S. The predicted molar refractivity (Wildman–Crippen MR) is 97.9 cm³/mol. The molecule has 1 N–H and O–H groups in total. The predicted octanol–water partition coefficient (Wildman–Crippen LogP) is 2.42. The van der Waals surface area contributed by atoms with E-state index in [-0.39, 0.29) is 18.4 Å². The molecule has 128 valence electrons. The fourth-order valence-corrected chi connectivity index (χ4v) is 2.94. The number of likely N-dealkylation sites (N-methyl/N-ethyl adjacent to an activating group) is 1. The summed E-state index contributed by atoms with van der Waals surface area (Å²) in [4.78, 5) is 26.7. The maximum absolute atomic E-state index is 12.6.